The SMILES string of the molecule is Cc1cc(F)ccc1[C@H]1C[C@@H](NC(=O)CC(C)C)CCN1C(=O)N(C)Cc1cc(C(F)(F)F)cc(C(F)(F)F)c1. The van der Waals surface area contributed by atoms with Gasteiger partial charge in [0.25, 0.3) is 0 Å². The number of aryl methyl sites for hydroxylation is 1. The number of benzene rings is 2. The lowest BCUT2D eigenvalue weighted by Crippen LogP contribution is -2.51. The molecule has 12 heteroatoms. The van der Waals surface area contributed by atoms with Crippen LogP contribution in [-0.2, 0) is 23.7 Å². The predicted molar refractivity (Wildman–Crippen MR) is 135 cm³/mol. The van der Waals surface area contributed by atoms with Gasteiger partial charge in [-0.3, -0.25) is 4.79 Å². The van der Waals surface area contributed by atoms with E-state index in [-0.39, 0.29) is 36.0 Å². The highest BCUT2D eigenvalue weighted by molar-refractivity contribution is 5.77. The molecule has 0 unspecified atom stereocenters. The molecule has 40 heavy (non-hydrogen) atoms. The van der Waals surface area contributed by atoms with E-state index in [4.69, 9.17) is 0 Å². The van der Waals surface area contributed by atoms with Crippen LogP contribution >= 0.6 is 0 Å². The van der Waals surface area contributed by atoms with Crippen LogP contribution in [0.2, 0.25) is 0 Å². The third-order valence-corrected chi connectivity index (χ3v) is 6.79. The number of carbonyl (C=O) groups excluding carboxylic acids is 2. The average molecular weight is 576 g/mol. The molecule has 3 amide bonds. The topological polar surface area (TPSA) is 52.7 Å². The van der Waals surface area contributed by atoms with Crippen LogP contribution in [0.1, 0.15) is 67.0 Å². The lowest BCUT2D eigenvalue weighted by atomic mass is 9.89. The summed E-state index contributed by atoms with van der Waals surface area (Å²) in [6, 6.07) is 3.81. The Morgan fingerprint density at radius 3 is 2.15 bits per heavy atom. The van der Waals surface area contributed by atoms with Gasteiger partial charge in [-0.15, -0.1) is 0 Å². The Kier molecular flexibility index (Phi) is 9.41. The lowest BCUT2D eigenvalue weighted by Gasteiger charge is -2.42. The molecule has 2 atom stereocenters. The Balaban J connectivity index is 1.89. The lowest BCUT2D eigenvalue weighted by molar-refractivity contribution is -0.143. The molecule has 1 aliphatic heterocycles. The maximum Gasteiger partial charge on any atom is 0.416 e. The van der Waals surface area contributed by atoms with Crippen LogP contribution in [0.5, 0.6) is 0 Å². The highest BCUT2D eigenvalue weighted by Crippen LogP contribution is 2.37. The van der Waals surface area contributed by atoms with Gasteiger partial charge in [-0.1, -0.05) is 19.9 Å². The number of alkyl halides is 6. The molecule has 3 rings (SSSR count). The van der Waals surface area contributed by atoms with E-state index in [2.05, 4.69) is 5.32 Å². The van der Waals surface area contributed by atoms with Gasteiger partial charge in [-0.2, -0.15) is 26.3 Å². The van der Waals surface area contributed by atoms with Crippen molar-refractivity contribution in [2.45, 2.75) is 71.0 Å². The zero-order valence-electron chi connectivity index (χ0n) is 22.6. The molecule has 0 saturated carbocycles. The summed E-state index contributed by atoms with van der Waals surface area (Å²) in [5.41, 5.74) is -2.06. The first-order valence-electron chi connectivity index (χ1n) is 12.8. The molecule has 0 aromatic heterocycles. The fourth-order valence-corrected chi connectivity index (χ4v) is 4.96. The Morgan fingerprint density at radius 2 is 1.62 bits per heavy atom. The smallest absolute Gasteiger partial charge is 0.353 e. The molecule has 0 spiro atoms. The van der Waals surface area contributed by atoms with E-state index in [9.17, 15) is 40.3 Å². The summed E-state index contributed by atoms with van der Waals surface area (Å²) >= 11 is 0. The number of amides is 3. The number of nitrogens with zero attached hydrogens (tertiary/aromatic N) is 2. The standard InChI is InChI=1S/C28H32F7N3O2/c1-16(2)9-25(39)36-22-7-8-38(24(14-22)23-6-5-21(29)10-17(23)3)26(40)37(4)15-18-11-19(27(30,31)32)13-20(12-18)28(33,34)35/h5-6,10-13,16,22,24H,7-9,14-15H2,1-4H3,(H,36,39)/t22-,24+/m0/s1. The zero-order valence-corrected chi connectivity index (χ0v) is 22.6. The van der Waals surface area contributed by atoms with Gasteiger partial charge in [-0.25, -0.2) is 9.18 Å². The van der Waals surface area contributed by atoms with Gasteiger partial charge in [0.05, 0.1) is 17.2 Å². The van der Waals surface area contributed by atoms with Crippen molar-refractivity contribution in [3.05, 3.63) is 70.0 Å². The quantitative estimate of drug-likeness (QED) is 0.374. The van der Waals surface area contributed by atoms with Crippen LogP contribution in [0.25, 0.3) is 0 Å². The van der Waals surface area contributed by atoms with Crippen LogP contribution in [0.3, 0.4) is 0 Å². The Morgan fingerprint density at radius 1 is 1.02 bits per heavy atom. The Hall–Kier alpha value is -3.31. The average Bonchev–Trinajstić information content (AvgIpc) is 2.81. The first-order valence-corrected chi connectivity index (χ1v) is 12.8. The summed E-state index contributed by atoms with van der Waals surface area (Å²) in [5.74, 6) is -0.477. The molecular weight excluding hydrogens is 543 g/mol. The van der Waals surface area contributed by atoms with E-state index in [0.29, 0.717) is 42.5 Å². The van der Waals surface area contributed by atoms with Gasteiger partial charge < -0.3 is 15.1 Å². The number of piperidine rings is 1. The molecule has 1 heterocycles. The van der Waals surface area contributed by atoms with E-state index in [1.807, 2.05) is 13.8 Å². The highest BCUT2D eigenvalue weighted by atomic mass is 19.4. The van der Waals surface area contributed by atoms with Crippen molar-refractivity contribution < 1.29 is 40.3 Å². The molecule has 1 fully saturated rings. The van der Waals surface area contributed by atoms with Gasteiger partial charge in [0.1, 0.15) is 5.82 Å². The summed E-state index contributed by atoms with van der Waals surface area (Å²) in [5, 5.41) is 2.97. The molecule has 0 aliphatic carbocycles. The van der Waals surface area contributed by atoms with Crippen molar-refractivity contribution in [1.29, 1.82) is 0 Å². The third kappa shape index (κ3) is 7.88. The maximum absolute atomic E-state index is 13.8. The number of likely N-dealkylation sites (tertiary alicyclic amines) is 1. The second kappa shape index (κ2) is 12.1. The van der Waals surface area contributed by atoms with Crippen LogP contribution in [0.4, 0.5) is 35.5 Å². The largest absolute Gasteiger partial charge is 0.416 e. The van der Waals surface area contributed by atoms with Crippen LogP contribution in [-0.4, -0.2) is 41.4 Å². The first-order chi connectivity index (χ1) is 18.5. The van der Waals surface area contributed by atoms with E-state index < -0.39 is 47.9 Å². The van der Waals surface area contributed by atoms with Crippen molar-refractivity contribution in [1.82, 2.24) is 15.1 Å². The minimum Gasteiger partial charge on any atom is -0.353 e. The summed E-state index contributed by atoms with van der Waals surface area (Å²) < 4.78 is 93.7. The number of urea groups is 1. The number of rotatable bonds is 6. The molecule has 2 aromatic carbocycles. The number of halogens is 7. The van der Waals surface area contributed by atoms with Crippen molar-refractivity contribution in [3.8, 4) is 0 Å². The molecule has 220 valence electrons. The third-order valence-electron chi connectivity index (χ3n) is 6.79. The van der Waals surface area contributed by atoms with Gasteiger partial charge in [0.2, 0.25) is 5.91 Å². The second-order valence-electron chi connectivity index (χ2n) is 10.6. The first kappa shape index (κ1) is 31.2. The zero-order chi connectivity index (χ0) is 30.0. The molecule has 0 radical (unpaired) electrons. The second-order valence-corrected chi connectivity index (χ2v) is 10.6. The number of carbonyl (C=O) groups is 2. The van der Waals surface area contributed by atoms with Crippen molar-refractivity contribution in [2.75, 3.05) is 13.6 Å². The van der Waals surface area contributed by atoms with Crippen LogP contribution in [0, 0.1) is 18.7 Å². The van der Waals surface area contributed by atoms with Crippen LogP contribution < -0.4 is 5.32 Å². The Labute approximate surface area is 228 Å². The molecule has 5 nitrogen and oxygen atoms in total. The van der Waals surface area contributed by atoms with Crippen molar-refractivity contribution in [3.63, 3.8) is 0 Å². The summed E-state index contributed by atoms with van der Waals surface area (Å²) in [4.78, 5) is 28.5. The maximum atomic E-state index is 13.8. The highest BCUT2D eigenvalue weighted by Gasteiger charge is 2.38. The molecule has 1 aliphatic rings. The minimum absolute atomic E-state index is 0.0387. The van der Waals surface area contributed by atoms with Crippen molar-refractivity contribution >= 4 is 11.9 Å². The summed E-state index contributed by atoms with van der Waals surface area (Å²) in [6.07, 6.45) is -9.00. The van der Waals surface area contributed by atoms with E-state index in [0.717, 1.165) is 4.90 Å². The normalized spacial score (nSPS) is 18.1. The monoisotopic (exact) mass is 575 g/mol. The molecule has 1 saturated heterocycles. The van der Waals surface area contributed by atoms with Gasteiger partial charge in [0.15, 0.2) is 0 Å². The summed E-state index contributed by atoms with van der Waals surface area (Å²) in [7, 11) is 1.29. The van der Waals surface area contributed by atoms with Crippen molar-refractivity contribution in [2.24, 2.45) is 5.92 Å². The minimum atomic E-state index is -5.01. The van der Waals surface area contributed by atoms with E-state index in [1.165, 1.54) is 30.1 Å². The Bertz CT molecular complexity index is 1200. The van der Waals surface area contributed by atoms with Gasteiger partial charge >= 0.3 is 18.4 Å². The number of hydrogen-bond acceptors (Lipinski definition) is 2. The van der Waals surface area contributed by atoms with E-state index >= 15 is 0 Å². The number of nitrogens with one attached hydrogen (secondary N) is 1. The van der Waals surface area contributed by atoms with Gasteiger partial charge in [0, 0.05) is 32.6 Å². The van der Waals surface area contributed by atoms with E-state index in [1.54, 1.807) is 6.92 Å². The molecule has 0 bridgehead atoms. The predicted octanol–water partition coefficient (Wildman–Crippen LogP) is 7.09. The fourth-order valence-electron chi connectivity index (χ4n) is 4.96. The number of hydrogen-bond donors (Lipinski definition) is 1. The molecular formula is C28H32F7N3O2. The molecule has 2 aromatic rings. The molecule has 1 N–H and O–H groups in total. The van der Waals surface area contributed by atoms with Crippen LogP contribution in [0.15, 0.2) is 36.4 Å². The summed E-state index contributed by atoms with van der Waals surface area (Å²) in [6.45, 7) is 5.14. The fraction of sp³-hybridized carbons (Fsp3) is 0.500. The van der Waals surface area contributed by atoms with Gasteiger partial charge in [-0.05, 0) is 72.7 Å².